The number of nitrogen functional groups attached to an aromatic ring is 1. The van der Waals surface area contributed by atoms with Gasteiger partial charge in [-0.05, 0) is 38.5 Å². The molecule has 0 bridgehead atoms. The fourth-order valence-corrected chi connectivity index (χ4v) is 1.91. The van der Waals surface area contributed by atoms with Crippen LogP contribution in [0.3, 0.4) is 0 Å². The lowest BCUT2D eigenvalue weighted by Crippen LogP contribution is -2.44. The predicted octanol–water partition coefficient (Wildman–Crippen LogP) is 1.16. The van der Waals surface area contributed by atoms with E-state index >= 15 is 0 Å². The monoisotopic (exact) mass is 307 g/mol. The molecule has 1 rings (SSSR count). The predicted molar refractivity (Wildman–Crippen MR) is 86.5 cm³/mol. The zero-order chi connectivity index (χ0) is 16.8. The number of hydrogen-bond donors (Lipinski definition) is 4. The summed E-state index contributed by atoms with van der Waals surface area (Å²) in [6.07, 6.45) is 0.469. The third-order valence-corrected chi connectivity index (χ3v) is 3.06. The molecule has 0 radical (unpaired) electrons. The molecule has 1 aromatic rings. The second kappa shape index (κ2) is 7.79. The minimum absolute atomic E-state index is 0.0730. The standard InChI is InChI=1S/C16H25N3O3/c1-16(2,3)18-9-8-14(20)19-13(15(21)22)10-11-4-6-12(17)7-5-11/h4-7,13,18H,8-10,17H2,1-3H3,(H,19,20)(H,21,22)/t13-/m0/s1. The van der Waals surface area contributed by atoms with Crippen LogP contribution >= 0.6 is 0 Å². The first kappa shape index (κ1) is 18.0. The van der Waals surface area contributed by atoms with Crippen molar-refractivity contribution in [2.75, 3.05) is 12.3 Å². The van der Waals surface area contributed by atoms with E-state index in [0.717, 1.165) is 5.56 Å². The minimum Gasteiger partial charge on any atom is -0.480 e. The Hall–Kier alpha value is -2.08. The molecule has 1 atom stereocenters. The van der Waals surface area contributed by atoms with E-state index in [-0.39, 0.29) is 24.3 Å². The number of benzene rings is 1. The Balaban J connectivity index is 2.52. The fraction of sp³-hybridized carbons (Fsp3) is 0.500. The maximum absolute atomic E-state index is 11.9. The highest BCUT2D eigenvalue weighted by molar-refractivity contribution is 5.83. The molecule has 0 saturated carbocycles. The van der Waals surface area contributed by atoms with Crippen molar-refractivity contribution in [2.45, 2.75) is 45.2 Å². The van der Waals surface area contributed by atoms with Crippen LogP contribution in [-0.4, -0.2) is 35.1 Å². The highest BCUT2D eigenvalue weighted by Crippen LogP contribution is 2.08. The van der Waals surface area contributed by atoms with Gasteiger partial charge < -0.3 is 21.5 Å². The summed E-state index contributed by atoms with van der Waals surface area (Å²) in [7, 11) is 0. The maximum Gasteiger partial charge on any atom is 0.326 e. The number of nitrogens with one attached hydrogen (secondary N) is 2. The van der Waals surface area contributed by atoms with Crippen molar-refractivity contribution in [3.8, 4) is 0 Å². The largest absolute Gasteiger partial charge is 0.480 e. The van der Waals surface area contributed by atoms with Gasteiger partial charge in [0.2, 0.25) is 5.91 Å². The van der Waals surface area contributed by atoms with Gasteiger partial charge in [0, 0.05) is 30.6 Å². The molecular weight excluding hydrogens is 282 g/mol. The highest BCUT2D eigenvalue weighted by atomic mass is 16.4. The first-order valence-electron chi connectivity index (χ1n) is 7.29. The molecule has 22 heavy (non-hydrogen) atoms. The number of anilines is 1. The number of carboxylic acid groups (broad SMARTS) is 1. The molecule has 1 amide bonds. The van der Waals surface area contributed by atoms with Gasteiger partial charge in [0.15, 0.2) is 0 Å². The smallest absolute Gasteiger partial charge is 0.326 e. The molecule has 0 heterocycles. The van der Waals surface area contributed by atoms with Crippen LogP contribution in [0.1, 0.15) is 32.8 Å². The summed E-state index contributed by atoms with van der Waals surface area (Å²) in [5.74, 6) is -1.33. The maximum atomic E-state index is 11.9. The quantitative estimate of drug-likeness (QED) is 0.566. The van der Waals surface area contributed by atoms with Crippen molar-refractivity contribution in [3.05, 3.63) is 29.8 Å². The molecule has 0 aliphatic heterocycles. The van der Waals surface area contributed by atoms with Crippen LogP contribution in [0, 0.1) is 0 Å². The first-order valence-corrected chi connectivity index (χ1v) is 7.29. The highest BCUT2D eigenvalue weighted by Gasteiger charge is 2.20. The number of rotatable bonds is 7. The first-order chi connectivity index (χ1) is 10.2. The average molecular weight is 307 g/mol. The van der Waals surface area contributed by atoms with E-state index in [2.05, 4.69) is 10.6 Å². The van der Waals surface area contributed by atoms with Crippen LogP contribution in [0.5, 0.6) is 0 Å². The van der Waals surface area contributed by atoms with Crippen LogP contribution in [0.15, 0.2) is 24.3 Å². The van der Waals surface area contributed by atoms with E-state index in [4.69, 9.17) is 5.73 Å². The summed E-state index contributed by atoms with van der Waals surface area (Å²) in [5.41, 5.74) is 6.95. The molecule has 6 nitrogen and oxygen atoms in total. The van der Waals surface area contributed by atoms with Crippen LogP contribution in [0.2, 0.25) is 0 Å². The van der Waals surface area contributed by atoms with E-state index in [1.807, 2.05) is 20.8 Å². The van der Waals surface area contributed by atoms with Crippen LogP contribution < -0.4 is 16.4 Å². The fourth-order valence-electron chi connectivity index (χ4n) is 1.91. The molecule has 0 aliphatic rings. The number of carboxylic acids is 1. The second-order valence-corrected chi connectivity index (χ2v) is 6.33. The van der Waals surface area contributed by atoms with Gasteiger partial charge in [-0.25, -0.2) is 4.79 Å². The average Bonchev–Trinajstić information content (AvgIpc) is 2.38. The van der Waals surface area contributed by atoms with Gasteiger partial charge in [0.1, 0.15) is 6.04 Å². The molecule has 0 aliphatic carbocycles. The van der Waals surface area contributed by atoms with Gasteiger partial charge in [0.25, 0.3) is 0 Å². The Kier molecular flexibility index (Phi) is 6.37. The van der Waals surface area contributed by atoms with Gasteiger partial charge >= 0.3 is 5.97 Å². The molecule has 122 valence electrons. The number of carbonyl (C=O) groups excluding carboxylic acids is 1. The van der Waals surface area contributed by atoms with Crippen molar-refractivity contribution in [3.63, 3.8) is 0 Å². The van der Waals surface area contributed by atoms with Crippen molar-refractivity contribution in [1.29, 1.82) is 0 Å². The van der Waals surface area contributed by atoms with Gasteiger partial charge in [0.05, 0.1) is 0 Å². The molecule has 6 heteroatoms. The Morgan fingerprint density at radius 2 is 1.82 bits per heavy atom. The normalized spacial score (nSPS) is 12.7. The number of carbonyl (C=O) groups is 2. The summed E-state index contributed by atoms with van der Waals surface area (Å²) in [4.78, 5) is 23.1. The third-order valence-electron chi connectivity index (χ3n) is 3.06. The Morgan fingerprint density at radius 1 is 1.23 bits per heavy atom. The molecular formula is C16H25N3O3. The molecule has 0 saturated heterocycles. The summed E-state index contributed by atoms with van der Waals surface area (Å²) in [6.45, 7) is 6.52. The molecule has 1 aromatic carbocycles. The lowest BCUT2D eigenvalue weighted by molar-refractivity contribution is -0.141. The third kappa shape index (κ3) is 7.08. The van der Waals surface area contributed by atoms with Gasteiger partial charge in [-0.15, -0.1) is 0 Å². The molecule has 0 spiro atoms. The second-order valence-electron chi connectivity index (χ2n) is 6.33. The van der Waals surface area contributed by atoms with Crippen LogP contribution in [0.25, 0.3) is 0 Å². The van der Waals surface area contributed by atoms with Crippen molar-refractivity contribution < 1.29 is 14.7 Å². The molecule has 0 aromatic heterocycles. The Bertz CT molecular complexity index is 506. The van der Waals surface area contributed by atoms with Crippen LogP contribution in [0.4, 0.5) is 5.69 Å². The minimum atomic E-state index is -1.05. The summed E-state index contributed by atoms with van der Waals surface area (Å²) >= 11 is 0. The lowest BCUT2D eigenvalue weighted by Gasteiger charge is -2.21. The topological polar surface area (TPSA) is 104 Å². The molecule has 0 unspecified atom stereocenters. The van der Waals surface area contributed by atoms with Crippen molar-refractivity contribution >= 4 is 17.6 Å². The molecule has 0 fully saturated rings. The van der Waals surface area contributed by atoms with Gasteiger partial charge in [-0.3, -0.25) is 4.79 Å². The SMILES string of the molecule is CC(C)(C)NCCC(=O)N[C@@H](Cc1ccc(N)cc1)C(=O)O. The van der Waals surface area contributed by atoms with E-state index in [9.17, 15) is 14.7 Å². The molecule has 5 N–H and O–H groups in total. The van der Waals surface area contributed by atoms with E-state index < -0.39 is 12.0 Å². The Morgan fingerprint density at radius 3 is 2.32 bits per heavy atom. The summed E-state index contributed by atoms with van der Waals surface area (Å²) in [5, 5.41) is 15.0. The zero-order valence-electron chi connectivity index (χ0n) is 13.3. The zero-order valence-corrected chi connectivity index (χ0v) is 13.3. The number of amides is 1. The number of nitrogens with two attached hydrogens (primary N) is 1. The van der Waals surface area contributed by atoms with Crippen molar-refractivity contribution in [2.24, 2.45) is 0 Å². The van der Waals surface area contributed by atoms with Crippen LogP contribution in [-0.2, 0) is 16.0 Å². The summed E-state index contributed by atoms with van der Waals surface area (Å²) in [6, 6.07) is 6.01. The number of hydrogen-bond acceptors (Lipinski definition) is 4. The van der Waals surface area contributed by atoms with Gasteiger partial charge in [-0.2, -0.15) is 0 Å². The van der Waals surface area contributed by atoms with E-state index in [0.29, 0.717) is 12.2 Å². The van der Waals surface area contributed by atoms with Crippen molar-refractivity contribution in [1.82, 2.24) is 10.6 Å². The lowest BCUT2D eigenvalue weighted by atomic mass is 10.1. The summed E-state index contributed by atoms with van der Waals surface area (Å²) < 4.78 is 0. The van der Waals surface area contributed by atoms with Gasteiger partial charge in [-0.1, -0.05) is 12.1 Å². The number of aliphatic carboxylic acids is 1. The Labute approximate surface area is 131 Å². The van der Waals surface area contributed by atoms with E-state index in [1.54, 1.807) is 24.3 Å². The van der Waals surface area contributed by atoms with E-state index in [1.165, 1.54) is 0 Å².